The Morgan fingerprint density at radius 1 is 1.08 bits per heavy atom. The lowest BCUT2D eigenvalue weighted by Gasteiger charge is -2.10. The fraction of sp³-hybridized carbons (Fsp3) is 0.583. The van der Waals surface area contributed by atoms with E-state index in [9.17, 15) is 0 Å². The molecule has 0 amide bonds. The van der Waals surface area contributed by atoms with Crippen molar-refractivity contribution in [2.24, 2.45) is 0 Å². The molecule has 0 heterocycles. The highest BCUT2D eigenvalue weighted by Crippen LogP contribution is 2.20. The first kappa shape index (κ1) is 11.5. The largest absolute Gasteiger partial charge is 0.103 e. The zero-order valence-electron chi connectivity index (χ0n) is 8.31. The number of hydrogen-bond acceptors (Lipinski definition) is 0. The van der Waals surface area contributed by atoms with Crippen molar-refractivity contribution in [3.05, 3.63) is 31.2 Å². The molecule has 0 nitrogen and oxygen atoms in total. The molecular formula is C12H21. The van der Waals surface area contributed by atoms with E-state index in [0.717, 1.165) is 12.8 Å². The molecule has 0 aromatic heterocycles. The summed E-state index contributed by atoms with van der Waals surface area (Å²) in [5.74, 6) is 1.58. The van der Waals surface area contributed by atoms with Crippen molar-refractivity contribution in [3.63, 3.8) is 0 Å². The highest BCUT2D eigenvalue weighted by atomic mass is 14.1. The average molecular weight is 165 g/mol. The highest BCUT2D eigenvalue weighted by molar-refractivity contribution is 5.00. The molecule has 0 aliphatic heterocycles. The molecule has 0 heteroatoms. The Labute approximate surface area is 77.4 Å². The van der Waals surface area contributed by atoms with Crippen molar-refractivity contribution in [1.29, 1.82) is 0 Å². The van der Waals surface area contributed by atoms with Gasteiger partial charge in [0.15, 0.2) is 0 Å². The first-order valence-electron chi connectivity index (χ1n) is 4.90. The second kappa shape index (κ2) is 8.58. The van der Waals surface area contributed by atoms with Gasteiger partial charge in [0.2, 0.25) is 0 Å². The molecular weight excluding hydrogens is 144 g/mol. The summed E-state index contributed by atoms with van der Waals surface area (Å²) in [6, 6.07) is 0. The van der Waals surface area contributed by atoms with E-state index in [1.165, 1.54) is 25.7 Å². The topological polar surface area (TPSA) is 0 Å². The van der Waals surface area contributed by atoms with Gasteiger partial charge >= 0.3 is 0 Å². The Hall–Kier alpha value is -0.520. The summed E-state index contributed by atoms with van der Waals surface area (Å²) in [5, 5.41) is 0. The van der Waals surface area contributed by atoms with Crippen molar-refractivity contribution in [3.8, 4) is 0 Å². The van der Waals surface area contributed by atoms with Crippen molar-refractivity contribution in [2.75, 3.05) is 0 Å². The van der Waals surface area contributed by atoms with E-state index in [2.05, 4.69) is 20.1 Å². The fourth-order valence-corrected chi connectivity index (χ4v) is 1.32. The molecule has 0 aliphatic carbocycles. The summed E-state index contributed by atoms with van der Waals surface area (Å²) in [6.07, 6.45) is 11.3. The maximum atomic E-state index is 3.76. The minimum atomic E-state index is 1.07. The minimum Gasteiger partial charge on any atom is -0.103 e. The number of hydrogen-bond donors (Lipinski definition) is 0. The molecule has 0 aromatic rings. The Morgan fingerprint density at radius 2 is 1.67 bits per heavy atom. The Bertz CT molecular complexity index is 103. The van der Waals surface area contributed by atoms with Crippen molar-refractivity contribution >= 4 is 0 Å². The monoisotopic (exact) mass is 165 g/mol. The Kier molecular flexibility index (Phi) is 8.20. The van der Waals surface area contributed by atoms with E-state index >= 15 is 0 Å². The third kappa shape index (κ3) is 6.21. The van der Waals surface area contributed by atoms with Crippen molar-refractivity contribution < 1.29 is 0 Å². The molecule has 0 fully saturated rings. The summed E-state index contributed by atoms with van der Waals surface area (Å²) in [5.41, 5.74) is 0. The van der Waals surface area contributed by atoms with Gasteiger partial charge in [-0.05, 0) is 25.2 Å². The van der Waals surface area contributed by atoms with E-state index in [-0.39, 0.29) is 0 Å². The van der Waals surface area contributed by atoms with Crippen LogP contribution >= 0.6 is 0 Å². The quantitative estimate of drug-likeness (QED) is 0.372. The van der Waals surface area contributed by atoms with Crippen LogP contribution < -0.4 is 0 Å². The molecule has 0 spiro atoms. The standard InChI is InChI=1S/C12H21/c1-4-7-8-11-12(9-5-2)10-6-3/h5-6H,2-4,7-11H2,1H3. The molecule has 0 saturated carbocycles. The van der Waals surface area contributed by atoms with Crippen LogP contribution in [0.2, 0.25) is 0 Å². The number of allylic oxidation sites excluding steroid dienone is 2. The average Bonchev–Trinajstić information content (AvgIpc) is 2.06. The molecule has 69 valence electrons. The van der Waals surface area contributed by atoms with Crippen LogP contribution in [0.3, 0.4) is 0 Å². The summed E-state index contributed by atoms with van der Waals surface area (Å²) in [6.45, 7) is 9.75. The molecule has 0 bridgehead atoms. The van der Waals surface area contributed by atoms with Crippen LogP contribution in [-0.2, 0) is 0 Å². The molecule has 1 radical (unpaired) electrons. The van der Waals surface area contributed by atoms with E-state index in [0.29, 0.717) is 0 Å². The summed E-state index contributed by atoms with van der Waals surface area (Å²) < 4.78 is 0. The molecule has 12 heavy (non-hydrogen) atoms. The first-order chi connectivity index (χ1) is 5.85. The first-order valence-corrected chi connectivity index (χ1v) is 4.90. The summed E-state index contributed by atoms with van der Waals surface area (Å²) in [7, 11) is 0. The number of unbranched alkanes of at least 4 members (excludes halogenated alkanes) is 2. The zero-order chi connectivity index (χ0) is 9.23. The van der Waals surface area contributed by atoms with E-state index < -0.39 is 0 Å². The molecule has 0 aliphatic rings. The van der Waals surface area contributed by atoms with Gasteiger partial charge in [-0.25, -0.2) is 0 Å². The molecule has 0 rings (SSSR count). The normalized spacial score (nSPS) is 10.2. The Morgan fingerprint density at radius 3 is 2.08 bits per heavy atom. The lowest BCUT2D eigenvalue weighted by molar-refractivity contribution is 0.647. The smallest absolute Gasteiger partial charge is 0.0166 e. The molecule has 0 atom stereocenters. The van der Waals surface area contributed by atoms with Crippen LogP contribution in [0.1, 0.15) is 45.4 Å². The third-order valence-corrected chi connectivity index (χ3v) is 2.00. The van der Waals surface area contributed by atoms with Gasteiger partial charge in [0.1, 0.15) is 0 Å². The van der Waals surface area contributed by atoms with Gasteiger partial charge in [-0.15, -0.1) is 13.2 Å². The molecule has 0 N–H and O–H groups in total. The van der Waals surface area contributed by atoms with Crippen molar-refractivity contribution in [1.82, 2.24) is 0 Å². The predicted octanol–water partition coefficient (Wildman–Crippen LogP) is 4.29. The van der Waals surface area contributed by atoms with Gasteiger partial charge in [-0.3, -0.25) is 0 Å². The van der Waals surface area contributed by atoms with Crippen LogP contribution in [0.5, 0.6) is 0 Å². The van der Waals surface area contributed by atoms with Crippen molar-refractivity contribution in [2.45, 2.75) is 45.4 Å². The molecule has 0 unspecified atom stereocenters. The second-order valence-electron chi connectivity index (χ2n) is 3.19. The van der Waals surface area contributed by atoms with E-state index in [1.54, 1.807) is 5.92 Å². The van der Waals surface area contributed by atoms with E-state index in [1.807, 2.05) is 12.2 Å². The molecule has 0 aromatic carbocycles. The zero-order valence-corrected chi connectivity index (χ0v) is 8.31. The SMILES string of the molecule is C=CC[C](CC=C)CCCCC. The number of rotatable bonds is 8. The van der Waals surface area contributed by atoms with Gasteiger partial charge in [0, 0.05) is 0 Å². The van der Waals surface area contributed by atoms with Crippen LogP contribution in [0, 0.1) is 5.92 Å². The van der Waals surface area contributed by atoms with Gasteiger partial charge in [-0.2, -0.15) is 0 Å². The van der Waals surface area contributed by atoms with Gasteiger partial charge < -0.3 is 0 Å². The highest BCUT2D eigenvalue weighted by Gasteiger charge is 2.03. The molecule has 0 saturated heterocycles. The van der Waals surface area contributed by atoms with Crippen LogP contribution in [0.4, 0.5) is 0 Å². The third-order valence-electron chi connectivity index (χ3n) is 2.00. The van der Waals surface area contributed by atoms with Gasteiger partial charge in [-0.1, -0.05) is 38.3 Å². The van der Waals surface area contributed by atoms with E-state index in [4.69, 9.17) is 0 Å². The Balaban J connectivity index is 3.47. The summed E-state index contributed by atoms with van der Waals surface area (Å²) in [4.78, 5) is 0. The lowest BCUT2D eigenvalue weighted by atomic mass is 9.95. The maximum Gasteiger partial charge on any atom is -0.0166 e. The van der Waals surface area contributed by atoms with Crippen LogP contribution in [0.15, 0.2) is 25.3 Å². The fourth-order valence-electron chi connectivity index (χ4n) is 1.32. The maximum absolute atomic E-state index is 3.76. The van der Waals surface area contributed by atoms with Crippen LogP contribution in [0.25, 0.3) is 0 Å². The second-order valence-corrected chi connectivity index (χ2v) is 3.19. The predicted molar refractivity (Wildman–Crippen MR) is 57.0 cm³/mol. The van der Waals surface area contributed by atoms with Gasteiger partial charge in [0.25, 0.3) is 0 Å². The van der Waals surface area contributed by atoms with Gasteiger partial charge in [0.05, 0.1) is 0 Å². The lowest BCUT2D eigenvalue weighted by Crippen LogP contribution is -1.94. The minimum absolute atomic E-state index is 1.07. The van der Waals surface area contributed by atoms with Crippen LogP contribution in [-0.4, -0.2) is 0 Å². The summed E-state index contributed by atoms with van der Waals surface area (Å²) >= 11 is 0.